The van der Waals surface area contributed by atoms with Gasteiger partial charge in [-0.15, -0.1) is 0 Å². The standard InChI is InChI=1S/C60H34N8/c1-63-55-35-51-52-36-56(64-2)42(38-62)32-54(52)60-59(53(51)31-41(55)37-61)65-57-33-49(39-23-27-47(28-24-39)67(43-15-7-3-8-16-43)44-17-9-4-10-18-44)50(34-58(57)66-60)40-25-29-48(30-26-40)68(45-19-11-5-12-20-45)46-21-13-6-14-22-46/h3-36H. The molecule has 0 aliphatic heterocycles. The van der Waals surface area contributed by atoms with Crippen LogP contribution in [0.2, 0.25) is 0 Å². The second kappa shape index (κ2) is 17.1. The highest BCUT2D eigenvalue weighted by atomic mass is 15.1. The van der Waals surface area contributed by atoms with Gasteiger partial charge in [-0.2, -0.15) is 10.5 Å². The highest BCUT2D eigenvalue weighted by Gasteiger charge is 2.21. The minimum absolute atomic E-state index is 0.193. The molecule has 0 amide bonds. The number of para-hydroxylation sites is 4. The zero-order valence-corrected chi connectivity index (χ0v) is 36.2. The van der Waals surface area contributed by atoms with E-state index in [1.54, 1.807) is 24.3 Å². The molecular formula is C60H34N8. The van der Waals surface area contributed by atoms with Crippen molar-refractivity contribution in [3.8, 4) is 34.4 Å². The third-order valence-electron chi connectivity index (χ3n) is 12.3. The van der Waals surface area contributed by atoms with Crippen LogP contribution in [-0.4, -0.2) is 9.97 Å². The Balaban J connectivity index is 1.15. The van der Waals surface area contributed by atoms with Gasteiger partial charge in [0.05, 0.1) is 58.5 Å². The second-order valence-electron chi connectivity index (χ2n) is 16.2. The third-order valence-corrected chi connectivity index (χ3v) is 12.3. The molecule has 0 radical (unpaired) electrons. The van der Waals surface area contributed by atoms with Crippen molar-refractivity contribution in [2.75, 3.05) is 9.80 Å². The lowest BCUT2D eigenvalue weighted by Gasteiger charge is -2.26. The summed E-state index contributed by atoms with van der Waals surface area (Å²) >= 11 is 0. The van der Waals surface area contributed by atoms with Crippen molar-refractivity contribution in [1.82, 2.24) is 9.97 Å². The van der Waals surface area contributed by atoms with Crippen LogP contribution >= 0.6 is 0 Å². The Labute approximate surface area is 392 Å². The molecule has 11 aromatic rings. The lowest BCUT2D eigenvalue weighted by molar-refractivity contribution is 1.28. The summed E-state index contributed by atoms with van der Waals surface area (Å²) in [7, 11) is 0. The summed E-state index contributed by atoms with van der Waals surface area (Å²) in [6.07, 6.45) is 0. The molecule has 1 aromatic heterocycles. The largest absolute Gasteiger partial charge is 0.311 e. The molecule has 8 nitrogen and oxygen atoms in total. The first-order valence-electron chi connectivity index (χ1n) is 21.8. The van der Waals surface area contributed by atoms with E-state index in [1.807, 2.05) is 72.8 Å². The second-order valence-corrected chi connectivity index (χ2v) is 16.2. The van der Waals surface area contributed by atoms with Crippen LogP contribution in [0.1, 0.15) is 11.1 Å². The van der Waals surface area contributed by atoms with Gasteiger partial charge in [0.1, 0.15) is 0 Å². The van der Waals surface area contributed by atoms with Crippen LogP contribution in [0.5, 0.6) is 0 Å². The Hall–Kier alpha value is -10.1. The van der Waals surface area contributed by atoms with Crippen molar-refractivity contribution < 1.29 is 0 Å². The van der Waals surface area contributed by atoms with Gasteiger partial charge < -0.3 is 9.80 Å². The molecule has 0 spiro atoms. The summed E-state index contributed by atoms with van der Waals surface area (Å²) in [6, 6.07) is 73.6. The molecule has 1 heterocycles. The van der Waals surface area contributed by atoms with Gasteiger partial charge in [-0.3, -0.25) is 0 Å². The molecule has 0 saturated heterocycles. The zero-order chi connectivity index (χ0) is 46.1. The van der Waals surface area contributed by atoms with E-state index in [2.05, 4.69) is 141 Å². The first kappa shape index (κ1) is 40.6. The Morgan fingerprint density at radius 2 is 0.676 bits per heavy atom. The number of nitriles is 2. The monoisotopic (exact) mass is 866 g/mol. The van der Waals surface area contributed by atoms with Gasteiger partial charge in [0.25, 0.3) is 0 Å². The van der Waals surface area contributed by atoms with E-state index in [0.29, 0.717) is 43.6 Å². The van der Waals surface area contributed by atoms with E-state index in [0.717, 1.165) is 56.4 Å². The molecule has 8 heteroatoms. The van der Waals surface area contributed by atoms with E-state index in [4.69, 9.17) is 23.1 Å². The van der Waals surface area contributed by atoms with Gasteiger partial charge in [0, 0.05) is 44.9 Å². The van der Waals surface area contributed by atoms with Crippen molar-refractivity contribution in [2.24, 2.45) is 0 Å². The van der Waals surface area contributed by atoms with Crippen molar-refractivity contribution >= 4 is 89.1 Å². The fourth-order valence-corrected chi connectivity index (χ4v) is 9.12. The maximum absolute atomic E-state index is 10.2. The van der Waals surface area contributed by atoms with Crippen LogP contribution in [-0.2, 0) is 0 Å². The highest BCUT2D eigenvalue weighted by molar-refractivity contribution is 6.25. The van der Waals surface area contributed by atoms with Crippen LogP contribution in [0.3, 0.4) is 0 Å². The SMILES string of the molecule is [C-]#[N+]c1cc2c3cc([N+]#[C-])c(C#N)cc3c3nc4cc(-c5ccc(N(c6ccccc6)c6ccccc6)cc5)c(-c5ccc(N(c6ccccc6)c6ccccc6)cc5)cc4nc3c2cc1C#N. The summed E-state index contributed by atoms with van der Waals surface area (Å²) in [5, 5.41) is 22.9. The molecule has 0 aliphatic carbocycles. The fraction of sp³-hybridized carbons (Fsp3) is 0. The number of benzene rings is 10. The lowest BCUT2D eigenvalue weighted by atomic mass is 9.92. The molecular weight excluding hydrogens is 833 g/mol. The molecule has 11 rings (SSSR count). The average Bonchev–Trinajstić information content (AvgIpc) is 3.41. The van der Waals surface area contributed by atoms with Gasteiger partial charge in [-0.1, -0.05) is 97.1 Å². The number of fused-ring (bicyclic) bond motifs is 7. The van der Waals surface area contributed by atoms with E-state index in [-0.39, 0.29) is 22.5 Å². The first-order chi connectivity index (χ1) is 33.5. The lowest BCUT2D eigenvalue weighted by Crippen LogP contribution is -2.09. The van der Waals surface area contributed by atoms with Crippen LogP contribution in [0.4, 0.5) is 45.5 Å². The summed E-state index contributed by atoms with van der Waals surface area (Å²) in [5.74, 6) is 0. The minimum Gasteiger partial charge on any atom is -0.311 e. The van der Waals surface area contributed by atoms with Crippen molar-refractivity contribution in [1.29, 1.82) is 10.5 Å². The van der Waals surface area contributed by atoms with E-state index in [1.165, 1.54) is 0 Å². The normalized spacial score (nSPS) is 10.9. The molecule has 0 atom stereocenters. The molecule has 0 saturated carbocycles. The topological polar surface area (TPSA) is 88.6 Å². The smallest absolute Gasteiger partial charge is 0.205 e. The fourth-order valence-electron chi connectivity index (χ4n) is 9.12. The maximum Gasteiger partial charge on any atom is 0.205 e. The summed E-state index contributed by atoms with van der Waals surface area (Å²) in [4.78, 5) is 22.4. The Bertz CT molecular complexity index is 3590. The first-order valence-corrected chi connectivity index (χ1v) is 21.8. The maximum atomic E-state index is 10.2. The Kier molecular flexibility index (Phi) is 10.2. The number of aromatic nitrogens is 2. The van der Waals surface area contributed by atoms with Crippen LogP contribution in [0.15, 0.2) is 206 Å². The Morgan fingerprint density at radius 3 is 0.971 bits per heavy atom. The van der Waals surface area contributed by atoms with Gasteiger partial charge in [-0.25, -0.2) is 19.7 Å². The van der Waals surface area contributed by atoms with Crippen LogP contribution in [0.25, 0.3) is 75.6 Å². The van der Waals surface area contributed by atoms with Gasteiger partial charge in [-0.05, 0) is 142 Å². The number of anilines is 6. The molecule has 10 aromatic carbocycles. The van der Waals surface area contributed by atoms with Crippen LogP contribution in [0, 0.1) is 35.8 Å². The molecule has 0 bridgehead atoms. The van der Waals surface area contributed by atoms with E-state index in [9.17, 15) is 10.5 Å². The molecule has 0 fully saturated rings. The molecule has 0 N–H and O–H groups in total. The van der Waals surface area contributed by atoms with Gasteiger partial charge >= 0.3 is 0 Å². The molecule has 0 aliphatic rings. The van der Waals surface area contributed by atoms with Crippen molar-refractivity contribution in [2.45, 2.75) is 0 Å². The molecule has 0 unspecified atom stereocenters. The highest BCUT2D eigenvalue weighted by Crippen LogP contribution is 2.44. The minimum atomic E-state index is 0.193. The Morgan fingerprint density at radius 1 is 0.368 bits per heavy atom. The van der Waals surface area contributed by atoms with Crippen LogP contribution < -0.4 is 9.80 Å². The predicted molar refractivity (Wildman–Crippen MR) is 274 cm³/mol. The average molecular weight is 867 g/mol. The number of nitrogens with zero attached hydrogens (tertiary/aromatic N) is 8. The number of rotatable bonds is 8. The summed E-state index contributed by atoms with van der Waals surface area (Å²) < 4.78 is 0. The number of hydrogen-bond acceptors (Lipinski definition) is 6. The zero-order valence-electron chi connectivity index (χ0n) is 36.2. The predicted octanol–water partition coefficient (Wildman–Crippen LogP) is 16.2. The van der Waals surface area contributed by atoms with E-state index >= 15 is 0 Å². The van der Waals surface area contributed by atoms with Gasteiger partial charge in [0.15, 0.2) is 0 Å². The van der Waals surface area contributed by atoms with E-state index < -0.39 is 0 Å². The van der Waals surface area contributed by atoms with Crippen molar-refractivity contribution in [3.63, 3.8) is 0 Å². The summed E-state index contributed by atoms with van der Waals surface area (Å²) in [5.41, 5.74) is 13.1. The quantitative estimate of drug-likeness (QED) is 0.0859. The van der Waals surface area contributed by atoms with Gasteiger partial charge in [0.2, 0.25) is 11.4 Å². The number of hydrogen-bond donors (Lipinski definition) is 0. The third kappa shape index (κ3) is 7.11. The van der Waals surface area contributed by atoms with Crippen molar-refractivity contribution in [3.05, 3.63) is 240 Å². The molecule has 68 heavy (non-hydrogen) atoms. The summed E-state index contributed by atoms with van der Waals surface area (Å²) in [6.45, 7) is 15.7. The molecule has 314 valence electrons.